The molecule has 1 saturated heterocycles. The van der Waals surface area contributed by atoms with Gasteiger partial charge in [0.1, 0.15) is 11.6 Å². The molecule has 3 aromatic heterocycles. The van der Waals surface area contributed by atoms with Crippen molar-refractivity contribution in [3.63, 3.8) is 0 Å². The number of aryl methyl sites for hydroxylation is 1. The highest BCUT2D eigenvalue weighted by molar-refractivity contribution is 7.13. The van der Waals surface area contributed by atoms with Crippen LogP contribution in [0.3, 0.4) is 0 Å². The normalized spacial score (nSPS) is 15.6. The fourth-order valence-corrected chi connectivity index (χ4v) is 3.80. The summed E-state index contributed by atoms with van der Waals surface area (Å²) in [5.74, 6) is 3.63. The summed E-state index contributed by atoms with van der Waals surface area (Å²) in [4.78, 5) is 19.5. The molecule has 0 aromatic carbocycles. The lowest BCUT2D eigenvalue weighted by Gasteiger charge is -2.34. The second-order valence-corrected chi connectivity index (χ2v) is 8.08. The van der Waals surface area contributed by atoms with Gasteiger partial charge < -0.3 is 9.42 Å². The monoisotopic (exact) mass is 384 g/mol. The molecule has 0 spiro atoms. The van der Waals surface area contributed by atoms with Gasteiger partial charge in [-0.3, -0.25) is 4.90 Å². The Hall–Kier alpha value is -2.32. The Kier molecular flexibility index (Phi) is 5.18. The number of aromatic nitrogens is 4. The summed E-state index contributed by atoms with van der Waals surface area (Å²) in [6.45, 7) is 10.7. The van der Waals surface area contributed by atoms with Gasteiger partial charge in [-0.25, -0.2) is 9.97 Å². The zero-order valence-corrected chi connectivity index (χ0v) is 16.7. The molecule has 1 aliphatic rings. The van der Waals surface area contributed by atoms with Gasteiger partial charge in [0.2, 0.25) is 11.7 Å². The van der Waals surface area contributed by atoms with Crippen molar-refractivity contribution in [2.45, 2.75) is 33.2 Å². The predicted octanol–water partition coefficient (Wildman–Crippen LogP) is 3.34. The summed E-state index contributed by atoms with van der Waals surface area (Å²) in [7, 11) is 0. The van der Waals surface area contributed by atoms with E-state index in [1.165, 1.54) is 0 Å². The van der Waals surface area contributed by atoms with Crippen LogP contribution in [0.2, 0.25) is 0 Å². The predicted molar refractivity (Wildman–Crippen MR) is 106 cm³/mol. The van der Waals surface area contributed by atoms with Crippen LogP contribution in [0.4, 0.5) is 5.82 Å². The van der Waals surface area contributed by atoms with Crippen LogP contribution in [0.15, 0.2) is 28.1 Å². The summed E-state index contributed by atoms with van der Waals surface area (Å²) in [5, 5.41) is 6.11. The fraction of sp³-hybridized carbons (Fsp3) is 0.474. The molecule has 0 bridgehead atoms. The number of anilines is 1. The molecule has 0 saturated carbocycles. The first-order valence-corrected chi connectivity index (χ1v) is 10.2. The second-order valence-electron chi connectivity index (χ2n) is 7.13. The third-order valence-corrected chi connectivity index (χ3v) is 5.50. The molecule has 0 atom stereocenters. The van der Waals surface area contributed by atoms with Crippen molar-refractivity contribution in [3.05, 3.63) is 41.0 Å². The van der Waals surface area contributed by atoms with E-state index in [1.807, 2.05) is 24.4 Å². The first-order valence-electron chi connectivity index (χ1n) is 9.28. The lowest BCUT2D eigenvalue weighted by Crippen LogP contribution is -2.46. The average molecular weight is 385 g/mol. The molecule has 8 heteroatoms. The third kappa shape index (κ3) is 4.17. The van der Waals surface area contributed by atoms with E-state index in [1.54, 1.807) is 11.3 Å². The maximum Gasteiger partial charge on any atom is 0.241 e. The second kappa shape index (κ2) is 7.74. The molecule has 0 unspecified atom stereocenters. The molecular formula is C19H24N6OS. The highest BCUT2D eigenvalue weighted by Crippen LogP contribution is 2.22. The number of nitrogens with zero attached hydrogens (tertiary/aromatic N) is 6. The van der Waals surface area contributed by atoms with Crippen molar-refractivity contribution < 1.29 is 4.52 Å². The van der Waals surface area contributed by atoms with Gasteiger partial charge in [0.05, 0.1) is 11.4 Å². The summed E-state index contributed by atoms with van der Waals surface area (Å²) >= 11 is 1.62. The van der Waals surface area contributed by atoms with E-state index in [0.29, 0.717) is 24.2 Å². The van der Waals surface area contributed by atoms with Crippen LogP contribution in [-0.4, -0.2) is 51.2 Å². The fourth-order valence-electron chi connectivity index (χ4n) is 3.15. The maximum absolute atomic E-state index is 5.43. The molecule has 1 aliphatic heterocycles. The van der Waals surface area contributed by atoms with Crippen LogP contribution >= 0.6 is 11.3 Å². The van der Waals surface area contributed by atoms with Gasteiger partial charge in [-0.15, -0.1) is 11.3 Å². The van der Waals surface area contributed by atoms with Crippen LogP contribution in [0.25, 0.3) is 10.7 Å². The van der Waals surface area contributed by atoms with Gasteiger partial charge >= 0.3 is 0 Å². The van der Waals surface area contributed by atoms with Crippen LogP contribution in [0, 0.1) is 6.92 Å². The van der Waals surface area contributed by atoms with E-state index in [0.717, 1.165) is 48.4 Å². The van der Waals surface area contributed by atoms with Gasteiger partial charge in [0, 0.05) is 43.9 Å². The van der Waals surface area contributed by atoms with Crippen LogP contribution in [0.5, 0.6) is 0 Å². The zero-order chi connectivity index (χ0) is 18.8. The molecule has 0 N–H and O–H groups in total. The Morgan fingerprint density at radius 1 is 1.15 bits per heavy atom. The quantitative estimate of drug-likeness (QED) is 0.668. The standard InChI is InChI=1S/C19H24N6OS/c1-13(2)18-20-14(3)11-16(21-18)25-8-6-24(7-9-25)12-17-22-19(23-26-17)15-5-4-10-27-15/h4-5,10-11,13H,6-9,12H2,1-3H3. The molecule has 0 aliphatic carbocycles. The molecule has 4 rings (SSSR count). The summed E-state index contributed by atoms with van der Waals surface area (Å²) in [5.41, 5.74) is 1.03. The Bertz CT molecular complexity index is 884. The number of piperazine rings is 1. The van der Waals surface area contributed by atoms with Crippen LogP contribution in [-0.2, 0) is 6.54 Å². The van der Waals surface area contributed by atoms with E-state index in [4.69, 9.17) is 9.51 Å². The highest BCUT2D eigenvalue weighted by atomic mass is 32.1. The summed E-state index contributed by atoms with van der Waals surface area (Å²) in [6.07, 6.45) is 0. The van der Waals surface area contributed by atoms with Crippen molar-refractivity contribution >= 4 is 17.2 Å². The Labute approximate surface area is 163 Å². The SMILES string of the molecule is Cc1cc(N2CCN(Cc3nc(-c4cccs4)no3)CC2)nc(C(C)C)n1. The Balaban J connectivity index is 1.37. The molecule has 27 heavy (non-hydrogen) atoms. The molecule has 0 radical (unpaired) electrons. The minimum absolute atomic E-state index is 0.333. The van der Waals surface area contributed by atoms with Gasteiger partial charge in [0.15, 0.2) is 0 Å². The topological polar surface area (TPSA) is 71.2 Å². The Morgan fingerprint density at radius 3 is 2.67 bits per heavy atom. The van der Waals surface area contributed by atoms with Crippen LogP contribution < -0.4 is 4.90 Å². The lowest BCUT2D eigenvalue weighted by atomic mass is 10.2. The summed E-state index contributed by atoms with van der Waals surface area (Å²) < 4.78 is 5.43. The molecule has 1 fully saturated rings. The zero-order valence-electron chi connectivity index (χ0n) is 15.9. The smallest absolute Gasteiger partial charge is 0.241 e. The average Bonchev–Trinajstić information content (AvgIpc) is 3.33. The van der Waals surface area contributed by atoms with Crippen molar-refractivity contribution in [1.29, 1.82) is 0 Å². The van der Waals surface area contributed by atoms with E-state index < -0.39 is 0 Å². The molecule has 3 aromatic rings. The van der Waals surface area contributed by atoms with Crippen molar-refractivity contribution in [3.8, 4) is 10.7 Å². The van der Waals surface area contributed by atoms with Gasteiger partial charge in [-0.2, -0.15) is 4.98 Å². The van der Waals surface area contributed by atoms with Gasteiger partial charge in [0.25, 0.3) is 0 Å². The molecule has 142 valence electrons. The Morgan fingerprint density at radius 2 is 1.96 bits per heavy atom. The number of rotatable bonds is 5. The van der Waals surface area contributed by atoms with Gasteiger partial charge in [-0.05, 0) is 18.4 Å². The first-order chi connectivity index (χ1) is 13.1. The largest absolute Gasteiger partial charge is 0.354 e. The molecular weight excluding hydrogens is 360 g/mol. The van der Waals surface area contributed by atoms with Crippen molar-refractivity contribution in [2.24, 2.45) is 0 Å². The number of hydrogen-bond acceptors (Lipinski definition) is 8. The minimum atomic E-state index is 0.333. The molecule has 0 amide bonds. The lowest BCUT2D eigenvalue weighted by molar-refractivity contribution is 0.215. The molecule has 4 heterocycles. The first kappa shape index (κ1) is 18.1. The van der Waals surface area contributed by atoms with Crippen LogP contribution in [0.1, 0.15) is 37.2 Å². The van der Waals surface area contributed by atoms with Gasteiger partial charge in [-0.1, -0.05) is 25.1 Å². The van der Waals surface area contributed by atoms with E-state index in [9.17, 15) is 0 Å². The maximum atomic E-state index is 5.43. The third-order valence-electron chi connectivity index (χ3n) is 4.64. The van der Waals surface area contributed by atoms with Crippen molar-refractivity contribution in [1.82, 2.24) is 25.0 Å². The molecule has 7 nitrogen and oxygen atoms in total. The van der Waals surface area contributed by atoms with E-state index in [-0.39, 0.29) is 0 Å². The summed E-state index contributed by atoms with van der Waals surface area (Å²) in [6, 6.07) is 6.08. The number of hydrogen-bond donors (Lipinski definition) is 0. The van der Waals surface area contributed by atoms with E-state index >= 15 is 0 Å². The van der Waals surface area contributed by atoms with Crippen molar-refractivity contribution in [2.75, 3.05) is 31.1 Å². The highest BCUT2D eigenvalue weighted by Gasteiger charge is 2.21. The van der Waals surface area contributed by atoms with E-state index in [2.05, 4.69) is 44.8 Å². The number of thiophene rings is 1. The minimum Gasteiger partial charge on any atom is -0.354 e.